The highest BCUT2D eigenvalue weighted by atomic mass is 15.0. The van der Waals surface area contributed by atoms with E-state index in [9.17, 15) is 0 Å². The Labute approximate surface area is 133 Å². The average Bonchev–Trinajstić information content (AvgIpc) is 3.15. The number of benzene rings is 2. The molecule has 0 spiro atoms. The molecular formula is C19H14N4. The van der Waals surface area contributed by atoms with Crippen LogP contribution in [0.15, 0.2) is 84.5 Å². The van der Waals surface area contributed by atoms with Gasteiger partial charge in [-0.3, -0.25) is 9.98 Å². The van der Waals surface area contributed by atoms with Crippen LogP contribution in [0.25, 0.3) is 16.6 Å². The van der Waals surface area contributed by atoms with Crippen molar-refractivity contribution in [2.75, 3.05) is 0 Å². The molecule has 0 aliphatic rings. The number of fused-ring (bicyclic) bond motifs is 1. The second kappa shape index (κ2) is 5.85. The molecule has 4 rings (SSSR count). The van der Waals surface area contributed by atoms with E-state index in [2.05, 4.69) is 15.0 Å². The van der Waals surface area contributed by atoms with Gasteiger partial charge in [0.05, 0.1) is 17.5 Å². The number of aromatic nitrogens is 3. The fraction of sp³-hybridized carbons (Fsp3) is 0. The van der Waals surface area contributed by atoms with Gasteiger partial charge in [0.1, 0.15) is 0 Å². The number of hydrogen-bond donors (Lipinski definition) is 0. The van der Waals surface area contributed by atoms with Crippen molar-refractivity contribution in [1.82, 2.24) is 14.5 Å². The standard InChI is InChI=1S/C19H14N4/c1-4-18-17(3-2-10-21-18)19(5-1)22-13-15-6-8-16(9-7-15)23-12-11-20-14-23/h1-14H. The van der Waals surface area contributed by atoms with Gasteiger partial charge in [-0.2, -0.15) is 0 Å². The highest BCUT2D eigenvalue weighted by Crippen LogP contribution is 2.24. The van der Waals surface area contributed by atoms with Gasteiger partial charge in [0, 0.05) is 35.9 Å². The normalized spacial score (nSPS) is 11.3. The van der Waals surface area contributed by atoms with Crippen LogP contribution >= 0.6 is 0 Å². The van der Waals surface area contributed by atoms with Crippen molar-refractivity contribution >= 4 is 22.8 Å². The predicted molar refractivity (Wildman–Crippen MR) is 92.6 cm³/mol. The lowest BCUT2D eigenvalue weighted by Crippen LogP contribution is -1.90. The molecule has 0 aliphatic carbocycles. The number of aliphatic imine (C=N–C) groups is 1. The van der Waals surface area contributed by atoms with Gasteiger partial charge in [0.25, 0.3) is 0 Å². The lowest BCUT2D eigenvalue weighted by atomic mass is 10.2. The molecule has 2 aromatic heterocycles. The first-order valence-corrected chi connectivity index (χ1v) is 7.36. The van der Waals surface area contributed by atoms with E-state index in [-0.39, 0.29) is 0 Å². The van der Waals surface area contributed by atoms with E-state index in [1.165, 1.54) is 0 Å². The summed E-state index contributed by atoms with van der Waals surface area (Å²) in [7, 11) is 0. The number of pyridine rings is 1. The third-order valence-electron chi connectivity index (χ3n) is 3.67. The molecule has 0 saturated heterocycles. The molecule has 110 valence electrons. The number of nitrogens with zero attached hydrogens (tertiary/aromatic N) is 4. The van der Waals surface area contributed by atoms with E-state index in [0.717, 1.165) is 27.8 Å². The Bertz CT molecular complexity index is 949. The quantitative estimate of drug-likeness (QED) is 0.533. The second-order valence-electron chi connectivity index (χ2n) is 5.17. The van der Waals surface area contributed by atoms with Crippen LogP contribution in [0.5, 0.6) is 0 Å². The van der Waals surface area contributed by atoms with Gasteiger partial charge >= 0.3 is 0 Å². The molecule has 0 aliphatic heterocycles. The zero-order valence-electron chi connectivity index (χ0n) is 12.4. The number of imidazole rings is 1. The molecule has 4 aromatic rings. The van der Waals surface area contributed by atoms with E-state index in [1.807, 2.05) is 71.6 Å². The smallest absolute Gasteiger partial charge is 0.0991 e. The van der Waals surface area contributed by atoms with Crippen LogP contribution in [0, 0.1) is 0 Å². The molecule has 0 bridgehead atoms. The molecule has 0 saturated carbocycles. The van der Waals surface area contributed by atoms with Gasteiger partial charge in [-0.15, -0.1) is 0 Å². The van der Waals surface area contributed by atoms with E-state index in [1.54, 1.807) is 18.7 Å². The molecule has 23 heavy (non-hydrogen) atoms. The summed E-state index contributed by atoms with van der Waals surface area (Å²) in [6.45, 7) is 0. The molecule has 0 amide bonds. The molecule has 2 aromatic carbocycles. The monoisotopic (exact) mass is 298 g/mol. The molecular weight excluding hydrogens is 284 g/mol. The van der Waals surface area contributed by atoms with Crippen molar-refractivity contribution in [1.29, 1.82) is 0 Å². The van der Waals surface area contributed by atoms with Crippen molar-refractivity contribution in [2.24, 2.45) is 4.99 Å². The second-order valence-corrected chi connectivity index (χ2v) is 5.17. The lowest BCUT2D eigenvalue weighted by molar-refractivity contribution is 1.06. The average molecular weight is 298 g/mol. The summed E-state index contributed by atoms with van der Waals surface area (Å²) in [5.74, 6) is 0. The van der Waals surface area contributed by atoms with Gasteiger partial charge < -0.3 is 4.57 Å². The highest BCUT2D eigenvalue weighted by molar-refractivity contribution is 5.93. The van der Waals surface area contributed by atoms with E-state index in [0.29, 0.717) is 0 Å². The summed E-state index contributed by atoms with van der Waals surface area (Å²) in [6.07, 6.45) is 9.15. The maximum Gasteiger partial charge on any atom is 0.0991 e. The van der Waals surface area contributed by atoms with Crippen LogP contribution in [0.3, 0.4) is 0 Å². The Hall–Kier alpha value is -3.27. The summed E-state index contributed by atoms with van der Waals surface area (Å²) < 4.78 is 1.97. The molecule has 0 fully saturated rings. The summed E-state index contributed by atoms with van der Waals surface area (Å²) in [6, 6.07) is 18.1. The van der Waals surface area contributed by atoms with Crippen molar-refractivity contribution in [2.45, 2.75) is 0 Å². The minimum absolute atomic E-state index is 0.925. The van der Waals surface area contributed by atoms with Gasteiger partial charge in [-0.1, -0.05) is 18.2 Å². The van der Waals surface area contributed by atoms with Crippen molar-refractivity contribution in [3.05, 3.63) is 85.1 Å². The van der Waals surface area contributed by atoms with Crippen LogP contribution < -0.4 is 0 Å². The van der Waals surface area contributed by atoms with E-state index in [4.69, 9.17) is 0 Å². The van der Waals surface area contributed by atoms with Crippen molar-refractivity contribution in [3.8, 4) is 5.69 Å². The summed E-state index contributed by atoms with van der Waals surface area (Å²) in [5.41, 5.74) is 4.01. The van der Waals surface area contributed by atoms with Gasteiger partial charge in [-0.05, 0) is 42.0 Å². The van der Waals surface area contributed by atoms with Gasteiger partial charge in [0.15, 0.2) is 0 Å². The molecule has 0 atom stereocenters. The fourth-order valence-electron chi connectivity index (χ4n) is 2.49. The largest absolute Gasteiger partial charge is 0.306 e. The number of hydrogen-bond acceptors (Lipinski definition) is 3. The first-order chi connectivity index (χ1) is 11.4. The minimum Gasteiger partial charge on any atom is -0.306 e. The van der Waals surface area contributed by atoms with Crippen LogP contribution in [-0.2, 0) is 0 Å². The molecule has 0 N–H and O–H groups in total. The Morgan fingerprint density at radius 1 is 0.913 bits per heavy atom. The van der Waals surface area contributed by atoms with Crippen molar-refractivity contribution in [3.63, 3.8) is 0 Å². The minimum atomic E-state index is 0.925. The SMILES string of the molecule is C(=Nc1cccc2ncccc12)c1ccc(-n2ccnc2)cc1. The first kappa shape index (κ1) is 13.4. The fourth-order valence-corrected chi connectivity index (χ4v) is 2.49. The maximum atomic E-state index is 4.61. The number of rotatable bonds is 3. The maximum absolute atomic E-state index is 4.61. The van der Waals surface area contributed by atoms with Crippen LogP contribution in [0.2, 0.25) is 0 Å². The molecule has 0 radical (unpaired) electrons. The summed E-state index contributed by atoms with van der Waals surface area (Å²) in [5, 5.41) is 1.06. The van der Waals surface area contributed by atoms with Gasteiger partial charge in [-0.25, -0.2) is 4.98 Å². The Morgan fingerprint density at radius 2 is 1.83 bits per heavy atom. The van der Waals surface area contributed by atoms with Crippen LogP contribution in [0.4, 0.5) is 5.69 Å². The third kappa shape index (κ3) is 2.74. The first-order valence-electron chi connectivity index (χ1n) is 7.36. The highest BCUT2D eigenvalue weighted by Gasteiger charge is 1.99. The Morgan fingerprint density at radius 3 is 2.65 bits per heavy atom. The van der Waals surface area contributed by atoms with Crippen LogP contribution in [-0.4, -0.2) is 20.7 Å². The Balaban J connectivity index is 1.63. The van der Waals surface area contributed by atoms with Crippen LogP contribution in [0.1, 0.15) is 5.56 Å². The lowest BCUT2D eigenvalue weighted by Gasteiger charge is -2.02. The zero-order valence-corrected chi connectivity index (χ0v) is 12.4. The topological polar surface area (TPSA) is 43.1 Å². The molecule has 0 unspecified atom stereocenters. The Kier molecular flexibility index (Phi) is 3.41. The van der Waals surface area contributed by atoms with E-state index >= 15 is 0 Å². The van der Waals surface area contributed by atoms with Crippen molar-refractivity contribution < 1.29 is 0 Å². The summed E-state index contributed by atoms with van der Waals surface area (Å²) >= 11 is 0. The summed E-state index contributed by atoms with van der Waals surface area (Å²) in [4.78, 5) is 13.0. The molecule has 2 heterocycles. The predicted octanol–water partition coefficient (Wildman–Crippen LogP) is 4.17. The third-order valence-corrected chi connectivity index (χ3v) is 3.67. The molecule has 4 nitrogen and oxygen atoms in total. The zero-order chi connectivity index (χ0) is 15.5. The van der Waals surface area contributed by atoms with E-state index < -0.39 is 0 Å². The van der Waals surface area contributed by atoms with Gasteiger partial charge in [0.2, 0.25) is 0 Å². The molecule has 4 heteroatoms.